The van der Waals surface area contributed by atoms with Crippen LogP contribution in [0.5, 0.6) is 0 Å². The van der Waals surface area contributed by atoms with Crippen LogP contribution in [0, 0.1) is 0 Å². The Kier molecular flexibility index (Phi) is 4.38. The SMILES string of the molecule is CCCCNC(C)C(=C1CC1)c1ccccc1. The van der Waals surface area contributed by atoms with Crippen molar-refractivity contribution in [1.82, 2.24) is 5.32 Å². The highest BCUT2D eigenvalue weighted by Gasteiger charge is 2.22. The number of rotatable bonds is 6. The predicted molar refractivity (Wildman–Crippen MR) is 75.0 cm³/mol. The average Bonchev–Trinajstić information content (AvgIpc) is 3.16. The first-order chi connectivity index (χ1) is 8.33. The predicted octanol–water partition coefficient (Wildman–Crippen LogP) is 4.01. The molecule has 0 saturated heterocycles. The topological polar surface area (TPSA) is 12.0 Å². The highest BCUT2D eigenvalue weighted by atomic mass is 14.9. The Morgan fingerprint density at radius 2 is 1.94 bits per heavy atom. The summed E-state index contributed by atoms with van der Waals surface area (Å²) in [6.45, 7) is 5.66. The van der Waals surface area contributed by atoms with Gasteiger partial charge in [-0.1, -0.05) is 49.2 Å². The maximum absolute atomic E-state index is 3.65. The Bertz CT molecular complexity index is 372. The van der Waals surface area contributed by atoms with Gasteiger partial charge in [0.2, 0.25) is 0 Å². The molecule has 92 valence electrons. The molecule has 1 aromatic carbocycles. The van der Waals surface area contributed by atoms with Gasteiger partial charge in [0, 0.05) is 6.04 Å². The van der Waals surface area contributed by atoms with E-state index in [1.54, 1.807) is 11.1 Å². The van der Waals surface area contributed by atoms with Crippen LogP contribution in [-0.2, 0) is 0 Å². The van der Waals surface area contributed by atoms with Crippen LogP contribution in [0.4, 0.5) is 0 Å². The minimum atomic E-state index is 0.487. The van der Waals surface area contributed by atoms with E-state index in [1.807, 2.05) is 0 Å². The van der Waals surface area contributed by atoms with Crippen LogP contribution in [0.3, 0.4) is 0 Å². The zero-order chi connectivity index (χ0) is 12.1. The third-order valence-corrected chi connectivity index (χ3v) is 3.38. The Hall–Kier alpha value is -1.08. The first-order valence-electron chi connectivity index (χ1n) is 6.83. The highest BCUT2D eigenvalue weighted by molar-refractivity contribution is 5.74. The molecule has 0 spiro atoms. The van der Waals surface area contributed by atoms with E-state index in [2.05, 4.69) is 49.5 Å². The van der Waals surface area contributed by atoms with Crippen molar-refractivity contribution in [3.05, 3.63) is 41.5 Å². The summed E-state index contributed by atoms with van der Waals surface area (Å²) in [6.07, 6.45) is 5.12. The van der Waals surface area contributed by atoms with Gasteiger partial charge in [-0.3, -0.25) is 0 Å². The van der Waals surface area contributed by atoms with E-state index < -0.39 is 0 Å². The van der Waals surface area contributed by atoms with E-state index in [1.165, 1.54) is 31.2 Å². The van der Waals surface area contributed by atoms with Gasteiger partial charge < -0.3 is 5.32 Å². The normalized spacial score (nSPS) is 15.8. The van der Waals surface area contributed by atoms with Crippen molar-refractivity contribution >= 4 is 5.57 Å². The molecule has 0 aliphatic heterocycles. The van der Waals surface area contributed by atoms with Crippen LogP contribution >= 0.6 is 0 Å². The maximum Gasteiger partial charge on any atom is 0.0297 e. The summed E-state index contributed by atoms with van der Waals surface area (Å²) in [5.74, 6) is 0. The van der Waals surface area contributed by atoms with E-state index in [0.29, 0.717) is 6.04 Å². The summed E-state index contributed by atoms with van der Waals surface area (Å²) >= 11 is 0. The molecular formula is C16H23N. The minimum Gasteiger partial charge on any atom is -0.310 e. The molecule has 1 saturated carbocycles. The van der Waals surface area contributed by atoms with Crippen LogP contribution in [0.15, 0.2) is 35.9 Å². The number of benzene rings is 1. The van der Waals surface area contributed by atoms with E-state index in [4.69, 9.17) is 0 Å². The Morgan fingerprint density at radius 3 is 2.53 bits per heavy atom. The van der Waals surface area contributed by atoms with E-state index in [9.17, 15) is 0 Å². The van der Waals surface area contributed by atoms with Gasteiger partial charge in [-0.25, -0.2) is 0 Å². The molecule has 1 N–H and O–H groups in total. The number of allylic oxidation sites excluding steroid dienone is 1. The van der Waals surface area contributed by atoms with Gasteiger partial charge in [0.15, 0.2) is 0 Å². The van der Waals surface area contributed by atoms with Crippen molar-refractivity contribution in [2.24, 2.45) is 0 Å². The quantitative estimate of drug-likeness (QED) is 0.727. The van der Waals surface area contributed by atoms with Crippen LogP contribution in [0.2, 0.25) is 0 Å². The third-order valence-electron chi connectivity index (χ3n) is 3.38. The average molecular weight is 229 g/mol. The second-order valence-corrected chi connectivity index (χ2v) is 4.91. The number of hydrogen-bond donors (Lipinski definition) is 1. The largest absolute Gasteiger partial charge is 0.310 e. The van der Waals surface area contributed by atoms with Gasteiger partial charge in [-0.2, -0.15) is 0 Å². The van der Waals surface area contributed by atoms with Crippen molar-refractivity contribution in [2.45, 2.75) is 45.6 Å². The molecule has 0 heterocycles. The van der Waals surface area contributed by atoms with Crippen molar-refractivity contribution in [3.8, 4) is 0 Å². The molecule has 0 amide bonds. The maximum atomic E-state index is 3.65. The first kappa shape index (κ1) is 12.4. The Labute approximate surface area is 105 Å². The van der Waals surface area contributed by atoms with Crippen LogP contribution in [-0.4, -0.2) is 12.6 Å². The summed E-state index contributed by atoms with van der Waals surface area (Å²) in [5.41, 5.74) is 4.59. The molecule has 1 fully saturated rings. The molecule has 1 atom stereocenters. The van der Waals surface area contributed by atoms with E-state index in [0.717, 1.165) is 6.54 Å². The Morgan fingerprint density at radius 1 is 1.24 bits per heavy atom. The van der Waals surface area contributed by atoms with Gasteiger partial charge >= 0.3 is 0 Å². The van der Waals surface area contributed by atoms with E-state index >= 15 is 0 Å². The fraction of sp³-hybridized carbons (Fsp3) is 0.500. The molecule has 0 bridgehead atoms. The van der Waals surface area contributed by atoms with Crippen molar-refractivity contribution in [1.29, 1.82) is 0 Å². The molecule has 1 aliphatic rings. The highest BCUT2D eigenvalue weighted by Crippen LogP contribution is 2.38. The fourth-order valence-electron chi connectivity index (χ4n) is 2.31. The number of nitrogens with one attached hydrogen (secondary N) is 1. The van der Waals surface area contributed by atoms with Crippen molar-refractivity contribution < 1.29 is 0 Å². The lowest BCUT2D eigenvalue weighted by Gasteiger charge is -2.18. The molecule has 2 rings (SSSR count). The summed E-state index contributed by atoms with van der Waals surface area (Å²) in [4.78, 5) is 0. The van der Waals surface area contributed by atoms with Crippen molar-refractivity contribution in [2.75, 3.05) is 6.54 Å². The van der Waals surface area contributed by atoms with Crippen LogP contribution in [0.1, 0.15) is 45.1 Å². The standard InChI is InChI=1S/C16H23N/c1-3-4-12-17-13(2)16(15-10-11-15)14-8-6-5-7-9-14/h5-9,13,17H,3-4,10-12H2,1-2H3. The van der Waals surface area contributed by atoms with Crippen LogP contribution in [0.25, 0.3) is 5.57 Å². The minimum absolute atomic E-state index is 0.487. The first-order valence-corrected chi connectivity index (χ1v) is 6.83. The molecule has 1 heteroatoms. The smallest absolute Gasteiger partial charge is 0.0297 e. The second-order valence-electron chi connectivity index (χ2n) is 4.91. The van der Waals surface area contributed by atoms with E-state index in [-0.39, 0.29) is 0 Å². The van der Waals surface area contributed by atoms with Gasteiger partial charge in [-0.15, -0.1) is 0 Å². The fourth-order valence-corrected chi connectivity index (χ4v) is 2.31. The van der Waals surface area contributed by atoms with Gasteiger partial charge in [-0.05, 0) is 43.9 Å². The third kappa shape index (κ3) is 3.44. The number of unbranched alkanes of at least 4 members (excludes halogenated alkanes) is 1. The van der Waals surface area contributed by atoms with Crippen molar-refractivity contribution in [3.63, 3.8) is 0 Å². The summed E-state index contributed by atoms with van der Waals surface area (Å²) in [5, 5.41) is 3.65. The van der Waals surface area contributed by atoms with Crippen LogP contribution < -0.4 is 5.32 Å². The summed E-state index contributed by atoms with van der Waals surface area (Å²) in [6, 6.07) is 11.3. The monoisotopic (exact) mass is 229 g/mol. The summed E-state index contributed by atoms with van der Waals surface area (Å²) in [7, 11) is 0. The number of hydrogen-bond acceptors (Lipinski definition) is 1. The molecule has 1 nitrogen and oxygen atoms in total. The molecule has 1 unspecified atom stereocenters. The molecule has 0 aromatic heterocycles. The molecular weight excluding hydrogens is 206 g/mol. The molecule has 0 radical (unpaired) electrons. The lowest BCUT2D eigenvalue weighted by atomic mass is 9.98. The molecule has 1 aliphatic carbocycles. The Balaban J connectivity index is 2.07. The summed E-state index contributed by atoms with van der Waals surface area (Å²) < 4.78 is 0. The van der Waals surface area contributed by atoms with Gasteiger partial charge in [0.1, 0.15) is 0 Å². The zero-order valence-electron chi connectivity index (χ0n) is 11.0. The second kappa shape index (κ2) is 6.02. The van der Waals surface area contributed by atoms with Gasteiger partial charge in [0.05, 0.1) is 0 Å². The lowest BCUT2D eigenvalue weighted by Crippen LogP contribution is -2.28. The van der Waals surface area contributed by atoms with Gasteiger partial charge in [0.25, 0.3) is 0 Å². The zero-order valence-corrected chi connectivity index (χ0v) is 11.0. The molecule has 17 heavy (non-hydrogen) atoms. The lowest BCUT2D eigenvalue weighted by molar-refractivity contribution is 0.608. The molecule has 1 aromatic rings.